The largest absolute Gasteiger partial charge is 0.454 e. The summed E-state index contributed by atoms with van der Waals surface area (Å²) in [5, 5.41) is 3.88. The van der Waals surface area contributed by atoms with Gasteiger partial charge in [0.05, 0.1) is 5.57 Å². The number of carbonyl (C=O) groups excluding carboxylic acids is 2. The molecule has 1 aliphatic carbocycles. The molecule has 0 bridgehead atoms. The molecule has 0 aromatic carbocycles. The number of carbonyl (C=O) groups is 2. The average Bonchev–Trinajstić information content (AvgIpc) is 3.09. The van der Waals surface area contributed by atoms with Gasteiger partial charge in [0.1, 0.15) is 0 Å². The predicted octanol–water partition coefficient (Wildman–Crippen LogP) is 5.53. The molecule has 3 aromatic heterocycles. The van der Waals surface area contributed by atoms with Gasteiger partial charge in [-0.15, -0.1) is 22.7 Å². The molecule has 0 radical (unpaired) electrons. The highest BCUT2D eigenvalue weighted by atomic mass is 32.1. The van der Waals surface area contributed by atoms with E-state index in [4.69, 9.17) is 4.74 Å². The minimum absolute atomic E-state index is 0.157. The second kappa shape index (κ2) is 7.89. The van der Waals surface area contributed by atoms with Crippen molar-refractivity contribution in [1.29, 1.82) is 0 Å². The van der Waals surface area contributed by atoms with Crippen LogP contribution in [0, 0.1) is 13.8 Å². The van der Waals surface area contributed by atoms with Crippen LogP contribution >= 0.6 is 22.7 Å². The van der Waals surface area contributed by atoms with E-state index in [0.717, 1.165) is 34.0 Å². The van der Waals surface area contributed by atoms with Gasteiger partial charge in [0.2, 0.25) is 5.78 Å². The van der Waals surface area contributed by atoms with Crippen LogP contribution in [-0.2, 0) is 9.53 Å². The molecule has 1 aliphatic rings. The highest BCUT2D eigenvalue weighted by Crippen LogP contribution is 2.38. The SMILES string of the molecule is Cc1cc(C(=O)COC(=O)/C(=C/c2cccs2)c2cccs2)c(C)n1C1CC1. The highest BCUT2D eigenvalue weighted by molar-refractivity contribution is 7.12. The molecular weight excluding hydrogens is 390 g/mol. The van der Waals surface area contributed by atoms with E-state index in [2.05, 4.69) is 4.57 Å². The van der Waals surface area contributed by atoms with Crippen molar-refractivity contribution in [2.75, 3.05) is 6.61 Å². The Hall–Kier alpha value is -2.44. The van der Waals surface area contributed by atoms with E-state index in [1.807, 2.05) is 61.0 Å². The van der Waals surface area contributed by atoms with Gasteiger partial charge in [0.25, 0.3) is 0 Å². The molecule has 6 heteroatoms. The van der Waals surface area contributed by atoms with Gasteiger partial charge in [-0.2, -0.15) is 0 Å². The van der Waals surface area contributed by atoms with E-state index in [-0.39, 0.29) is 12.4 Å². The van der Waals surface area contributed by atoms with Crippen molar-refractivity contribution in [1.82, 2.24) is 4.57 Å². The Balaban J connectivity index is 1.49. The number of Topliss-reactive ketones (excluding diaryl/α,β-unsaturated/α-hetero) is 1. The van der Waals surface area contributed by atoms with Crippen molar-refractivity contribution in [2.45, 2.75) is 32.7 Å². The summed E-state index contributed by atoms with van der Waals surface area (Å²) in [6.07, 6.45) is 4.15. The summed E-state index contributed by atoms with van der Waals surface area (Å²) in [5.74, 6) is -0.629. The van der Waals surface area contributed by atoms with Gasteiger partial charge < -0.3 is 9.30 Å². The third-order valence-electron chi connectivity index (χ3n) is 4.87. The molecule has 3 aromatic rings. The number of esters is 1. The number of ketones is 1. The van der Waals surface area contributed by atoms with Crippen LogP contribution in [0.2, 0.25) is 0 Å². The van der Waals surface area contributed by atoms with Crippen LogP contribution in [-0.4, -0.2) is 22.9 Å². The van der Waals surface area contributed by atoms with Gasteiger partial charge in [0, 0.05) is 32.7 Å². The van der Waals surface area contributed by atoms with Gasteiger partial charge >= 0.3 is 5.97 Å². The molecule has 4 rings (SSSR count). The first kappa shape index (κ1) is 18.9. The molecule has 28 heavy (non-hydrogen) atoms. The van der Waals surface area contributed by atoms with Gasteiger partial charge in [0.15, 0.2) is 6.61 Å². The summed E-state index contributed by atoms with van der Waals surface area (Å²) >= 11 is 3.03. The smallest absolute Gasteiger partial charge is 0.340 e. The average molecular weight is 412 g/mol. The van der Waals surface area contributed by atoms with E-state index in [1.54, 1.807) is 11.3 Å². The van der Waals surface area contributed by atoms with Crippen LogP contribution in [0.25, 0.3) is 11.6 Å². The van der Waals surface area contributed by atoms with Crippen molar-refractivity contribution >= 4 is 46.1 Å². The zero-order valence-electron chi connectivity index (χ0n) is 15.8. The third-order valence-corrected chi connectivity index (χ3v) is 6.59. The molecule has 4 nitrogen and oxygen atoms in total. The fourth-order valence-corrected chi connectivity index (χ4v) is 4.81. The minimum atomic E-state index is -0.472. The molecule has 1 saturated carbocycles. The van der Waals surface area contributed by atoms with Crippen LogP contribution in [0.15, 0.2) is 41.1 Å². The molecule has 0 N–H and O–H groups in total. The molecule has 144 valence electrons. The van der Waals surface area contributed by atoms with Crippen molar-refractivity contribution in [2.24, 2.45) is 0 Å². The lowest BCUT2D eigenvalue weighted by Crippen LogP contribution is -2.15. The third kappa shape index (κ3) is 3.88. The Kier molecular flexibility index (Phi) is 5.33. The first-order valence-corrected chi connectivity index (χ1v) is 11.0. The van der Waals surface area contributed by atoms with E-state index in [0.29, 0.717) is 17.2 Å². The van der Waals surface area contributed by atoms with Crippen LogP contribution < -0.4 is 0 Å². The predicted molar refractivity (Wildman–Crippen MR) is 114 cm³/mol. The number of aryl methyl sites for hydroxylation is 1. The number of rotatable bonds is 7. The number of aromatic nitrogens is 1. The lowest BCUT2D eigenvalue weighted by atomic mass is 10.1. The fraction of sp³-hybridized carbons (Fsp3) is 0.273. The van der Waals surface area contributed by atoms with Gasteiger partial charge in [-0.25, -0.2) is 4.79 Å². The standard InChI is InChI=1S/C22H21NO3S2/c1-14-11-18(15(2)23(14)16-7-8-16)20(24)13-26-22(25)19(21-6-4-10-28-21)12-17-5-3-9-27-17/h3-6,9-12,16H,7-8,13H2,1-2H3/b19-12+. The topological polar surface area (TPSA) is 48.3 Å². The van der Waals surface area contributed by atoms with Crippen LogP contribution in [0.1, 0.15) is 50.4 Å². The van der Waals surface area contributed by atoms with Crippen LogP contribution in [0.5, 0.6) is 0 Å². The highest BCUT2D eigenvalue weighted by Gasteiger charge is 2.28. The molecule has 1 fully saturated rings. The Morgan fingerprint density at radius 2 is 1.93 bits per heavy atom. The maximum Gasteiger partial charge on any atom is 0.340 e. The normalized spacial score (nSPS) is 14.3. The van der Waals surface area contributed by atoms with Crippen LogP contribution in [0.3, 0.4) is 0 Å². The first-order chi connectivity index (χ1) is 13.5. The molecule has 0 aliphatic heterocycles. The number of ether oxygens (including phenoxy) is 1. The summed E-state index contributed by atoms with van der Waals surface area (Å²) in [7, 11) is 0. The number of nitrogens with zero attached hydrogens (tertiary/aromatic N) is 1. The maximum atomic E-state index is 12.7. The zero-order chi connectivity index (χ0) is 19.7. The Morgan fingerprint density at radius 3 is 2.57 bits per heavy atom. The number of hydrogen-bond acceptors (Lipinski definition) is 5. The number of thiophene rings is 2. The summed E-state index contributed by atoms with van der Waals surface area (Å²) < 4.78 is 7.64. The second-order valence-corrected chi connectivity index (χ2v) is 8.86. The Bertz CT molecular complexity index is 1020. The van der Waals surface area contributed by atoms with Crippen molar-refractivity contribution in [3.05, 3.63) is 67.8 Å². The molecule has 0 atom stereocenters. The zero-order valence-corrected chi connectivity index (χ0v) is 17.4. The van der Waals surface area contributed by atoms with E-state index in [1.165, 1.54) is 11.3 Å². The van der Waals surface area contributed by atoms with E-state index in [9.17, 15) is 9.59 Å². The van der Waals surface area contributed by atoms with E-state index < -0.39 is 5.97 Å². The maximum absolute atomic E-state index is 12.7. The first-order valence-electron chi connectivity index (χ1n) is 9.22. The molecule has 3 heterocycles. The molecule has 0 unspecified atom stereocenters. The van der Waals surface area contributed by atoms with Crippen molar-refractivity contribution in [3.63, 3.8) is 0 Å². The van der Waals surface area contributed by atoms with E-state index >= 15 is 0 Å². The number of hydrogen-bond donors (Lipinski definition) is 0. The molecule has 0 saturated heterocycles. The summed E-state index contributed by atoms with van der Waals surface area (Å²) in [6.45, 7) is 3.74. The van der Waals surface area contributed by atoms with Crippen LogP contribution in [0.4, 0.5) is 0 Å². The fourth-order valence-electron chi connectivity index (χ4n) is 3.42. The van der Waals surface area contributed by atoms with Crippen molar-refractivity contribution < 1.29 is 14.3 Å². The summed E-state index contributed by atoms with van der Waals surface area (Å²) in [4.78, 5) is 27.2. The minimum Gasteiger partial charge on any atom is -0.454 e. The summed E-state index contributed by atoms with van der Waals surface area (Å²) in [6, 6.07) is 10.1. The van der Waals surface area contributed by atoms with Gasteiger partial charge in [-0.1, -0.05) is 12.1 Å². The molecule has 0 spiro atoms. The lowest BCUT2D eigenvalue weighted by molar-refractivity contribution is -0.135. The van der Waals surface area contributed by atoms with Crippen molar-refractivity contribution in [3.8, 4) is 0 Å². The lowest BCUT2D eigenvalue weighted by Gasteiger charge is -2.08. The summed E-state index contributed by atoms with van der Waals surface area (Å²) in [5.41, 5.74) is 3.19. The second-order valence-electron chi connectivity index (χ2n) is 6.94. The van der Waals surface area contributed by atoms with Gasteiger partial charge in [-0.3, -0.25) is 4.79 Å². The monoisotopic (exact) mass is 411 g/mol. The Labute approximate surface area is 172 Å². The quantitative estimate of drug-likeness (QED) is 0.292. The van der Waals surface area contributed by atoms with Gasteiger partial charge in [-0.05, 0) is 61.7 Å². The molecular formula is C22H21NO3S2. The molecule has 0 amide bonds. The Morgan fingerprint density at radius 1 is 1.18 bits per heavy atom.